The predicted octanol–water partition coefficient (Wildman–Crippen LogP) is 0.676. The van der Waals surface area contributed by atoms with E-state index in [0.717, 1.165) is 36.0 Å². The van der Waals surface area contributed by atoms with Gasteiger partial charge in [-0.05, 0) is 37.0 Å². The van der Waals surface area contributed by atoms with Crippen molar-refractivity contribution in [3.05, 3.63) is 23.3 Å². The molecule has 0 bridgehead atoms. The van der Waals surface area contributed by atoms with Gasteiger partial charge in [-0.2, -0.15) is 0 Å². The molecule has 1 heterocycles. The number of anilines is 1. The van der Waals surface area contributed by atoms with Gasteiger partial charge in [0, 0.05) is 25.0 Å². The zero-order chi connectivity index (χ0) is 15.7. The number of benzene rings is 1. The molecule has 0 spiro atoms. The molecule has 0 atom stereocenters. The third kappa shape index (κ3) is 3.96. The molecule has 0 aliphatic carbocycles. The Morgan fingerprint density at radius 2 is 1.95 bits per heavy atom. The second-order valence-corrected chi connectivity index (χ2v) is 9.29. The maximum absolute atomic E-state index is 12.4. The van der Waals surface area contributed by atoms with Gasteiger partial charge in [0.25, 0.3) is 0 Å². The van der Waals surface area contributed by atoms with Gasteiger partial charge in [-0.1, -0.05) is 6.07 Å². The molecular weight excluding hydrogens is 312 g/mol. The van der Waals surface area contributed by atoms with E-state index in [1.54, 1.807) is 12.1 Å². The summed E-state index contributed by atoms with van der Waals surface area (Å²) < 4.78 is 49.3. The first-order valence-corrected chi connectivity index (χ1v) is 10.3. The van der Waals surface area contributed by atoms with Crippen LogP contribution in [0.4, 0.5) is 5.69 Å². The Morgan fingerprint density at radius 1 is 1.24 bits per heavy atom. The molecule has 1 aromatic rings. The molecule has 2 rings (SSSR count). The fraction of sp³-hybridized carbons (Fsp3) is 0.538. The highest BCUT2D eigenvalue weighted by Gasteiger charge is 2.23. The maximum Gasteiger partial charge on any atom is 0.240 e. The molecule has 0 radical (unpaired) electrons. The number of sulfonamides is 1. The van der Waals surface area contributed by atoms with Crippen LogP contribution < -0.4 is 10.0 Å². The molecule has 6 nitrogen and oxygen atoms in total. The van der Waals surface area contributed by atoms with Crippen LogP contribution in [0.15, 0.2) is 17.0 Å². The molecule has 1 aromatic carbocycles. The molecule has 0 amide bonds. The summed E-state index contributed by atoms with van der Waals surface area (Å²) in [5.74, 6) is -0.210. The normalized spacial score (nSPS) is 15.3. The molecule has 21 heavy (non-hydrogen) atoms. The third-order valence-electron chi connectivity index (χ3n) is 3.44. The predicted molar refractivity (Wildman–Crippen MR) is 82.9 cm³/mol. The van der Waals surface area contributed by atoms with E-state index in [1.807, 2.05) is 6.92 Å². The highest BCUT2D eigenvalue weighted by atomic mass is 32.2. The van der Waals surface area contributed by atoms with Crippen molar-refractivity contribution in [2.45, 2.75) is 24.7 Å². The molecule has 118 valence electrons. The van der Waals surface area contributed by atoms with Gasteiger partial charge < -0.3 is 5.32 Å². The molecule has 2 N–H and O–H groups in total. The molecule has 0 unspecified atom stereocenters. The van der Waals surface area contributed by atoms with Crippen LogP contribution in [0.5, 0.6) is 0 Å². The van der Waals surface area contributed by atoms with Crippen LogP contribution in [0.1, 0.15) is 17.5 Å². The first-order valence-electron chi connectivity index (χ1n) is 6.74. The third-order valence-corrected chi connectivity index (χ3v) is 5.93. The lowest BCUT2D eigenvalue weighted by atomic mass is 10.00. The minimum atomic E-state index is -3.70. The van der Waals surface area contributed by atoms with E-state index in [1.165, 1.54) is 0 Å². The van der Waals surface area contributed by atoms with Crippen molar-refractivity contribution in [1.29, 1.82) is 0 Å². The summed E-state index contributed by atoms with van der Waals surface area (Å²) in [5, 5.41) is 3.24. The Kier molecular flexibility index (Phi) is 4.60. The summed E-state index contributed by atoms with van der Waals surface area (Å²) in [7, 11) is -6.89. The fourth-order valence-electron chi connectivity index (χ4n) is 2.41. The van der Waals surface area contributed by atoms with Crippen molar-refractivity contribution in [2.75, 3.05) is 30.4 Å². The van der Waals surface area contributed by atoms with E-state index in [9.17, 15) is 16.8 Å². The first kappa shape index (κ1) is 16.3. The summed E-state index contributed by atoms with van der Waals surface area (Å²) in [5.41, 5.74) is 2.68. The Balaban J connectivity index is 2.28. The number of nitrogens with one attached hydrogen (secondary N) is 2. The SMILES string of the molecule is Cc1ccc(S(=O)(=O)NCCS(C)(=O)=O)c2c1NCCC2. The fourth-order valence-corrected chi connectivity index (χ4v) is 4.31. The number of aryl methyl sites for hydroxylation is 1. The summed E-state index contributed by atoms with van der Waals surface area (Å²) >= 11 is 0. The number of hydrogen-bond acceptors (Lipinski definition) is 5. The Morgan fingerprint density at radius 3 is 2.62 bits per heavy atom. The second-order valence-electron chi connectivity index (χ2n) is 5.29. The van der Waals surface area contributed by atoms with Gasteiger partial charge in [0.2, 0.25) is 10.0 Å². The molecular formula is C13H20N2O4S2. The van der Waals surface area contributed by atoms with E-state index < -0.39 is 19.9 Å². The van der Waals surface area contributed by atoms with Crippen LogP contribution in [-0.2, 0) is 26.3 Å². The topological polar surface area (TPSA) is 92.3 Å². The zero-order valence-electron chi connectivity index (χ0n) is 12.1. The maximum atomic E-state index is 12.4. The average molecular weight is 332 g/mol. The van der Waals surface area contributed by atoms with Crippen LogP contribution in [-0.4, -0.2) is 41.9 Å². The number of hydrogen-bond donors (Lipinski definition) is 2. The average Bonchev–Trinajstić information content (AvgIpc) is 2.37. The van der Waals surface area contributed by atoms with Crippen LogP contribution >= 0.6 is 0 Å². The summed E-state index contributed by atoms with van der Waals surface area (Å²) in [4.78, 5) is 0.240. The minimum absolute atomic E-state index is 0.114. The van der Waals surface area contributed by atoms with Gasteiger partial charge in [-0.15, -0.1) is 0 Å². The molecule has 8 heteroatoms. The van der Waals surface area contributed by atoms with Gasteiger partial charge in [0.1, 0.15) is 9.84 Å². The van der Waals surface area contributed by atoms with E-state index in [-0.39, 0.29) is 17.2 Å². The lowest BCUT2D eigenvalue weighted by Gasteiger charge is -2.23. The quantitative estimate of drug-likeness (QED) is 0.827. The Hall–Kier alpha value is -1.12. The number of fused-ring (bicyclic) bond motifs is 1. The van der Waals surface area contributed by atoms with E-state index in [2.05, 4.69) is 10.0 Å². The lowest BCUT2D eigenvalue weighted by molar-refractivity contribution is 0.580. The lowest BCUT2D eigenvalue weighted by Crippen LogP contribution is -2.30. The van der Waals surface area contributed by atoms with E-state index in [0.29, 0.717) is 6.42 Å². The minimum Gasteiger partial charge on any atom is -0.385 e. The molecule has 0 saturated carbocycles. The van der Waals surface area contributed by atoms with Gasteiger partial charge in [-0.25, -0.2) is 21.6 Å². The second kappa shape index (κ2) is 5.94. The molecule has 0 saturated heterocycles. The Labute approximate surface area is 125 Å². The van der Waals surface area contributed by atoms with Crippen molar-refractivity contribution >= 4 is 25.5 Å². The number of sulfone groups is 1. The molecule has 1 aliphatic rings. The van der Waals surface area contributed by atoms with Gasteiger partial charge >= 0.3 is 0 Å². The van der Waals surface area contributed by atoms with Crippen molar-refractivity contribution in [3.63, 3.8) is 0 Å². The molecule has 0 fully saturated rings. The van der Waals surface area contributed by atoms with Gasteiger partial charge in [0.05, 0.1) is 10.6 Å². The number of rotatable bonds is 5. The van der Waals surface area contributed by atoms with E-state index >= 15 is 0 Å². The first-order chi connectivity index (χ1) is 9.71. The zero-order valence-corrected chi connectivity index (χ0v) is 13.8. The van der Waals surface area contributed by atoms with Crippen LogP contribution in [0, 0.1) is 6.92 Å². The van der Waals surface area contributed by atoms with Crippen molar-refractivity contribution in [2.24, 2.45) is 0 Å². The van der Waals surface area contributed by atoms with Gasteiger partial charge in [-0.3, -0.25) is 0 Å². The highest BCUT2D eigenvalue weighted by Crippen LogP contribution is 2.31. The van der Waals surface area contributed by atoms with Crippen LogP contribution in [0.2, 0.25) is 0 Å². The van der Waals surface area contributed by atoms with Crippen molar-refractivity contribution in [3.8, 4) is 0 Å². The van der Waals surface area contributed by atoms with Crippen LogP contribution in [0.25, 0.3) is 0 Å². The summed E-state index contributed by atoms with van der Waals surface area (Å²) in [6, 6.07) is 3.35. The van der Waals surface area contributed by atoms with Crippen LogP contribution in [0.3, 0.4) is 0 Å². The van der Waals surface area contributed by atoms with E-state index in [4.69, 9.17) is 0 Å². The Bertz CT molecular complexity index is 740. The molecule has 1 aliphatic heterocycles. The largest absolute Gasteiger partial charge is 0.385 e. The standard InChI is InChI=1S/C13H20N2O4S2/c1-10-5-6-12(11-4-3-7-14-13(10)11)21(18,19)15-8-9-20(2,16)17/h5-6,14-15H,3-4,7-9H2,1-2H3. The summed E-state index contributed by atoms with van der Waals surface area (Å²) in [6.45, 7) is 2.65. The van der Waals surface area contributed by atoms with Crippen molar-refractivity contribution in [1.82, 2.24) is 4.72 Å². The monoisotopic (exact) mass is 332 g/mol. The summed E-state index contributed by atoms with van der Waals surface area (Å²) in [6.07, 6.45) is 2.66. The smallest absolute Gasteiger partial charge is 0.240 e. The van der Waals surface area contributed by atoms with Crippen molar-refractivity contribution < 1.29 is 16.8 Å². The van der Waals surface area contributed by atoms with Gasteiger partial charge in [0.15, 0.2) is 0 Å². The molecule has 0 aromatic heterocycles. The highest BCUT2D eigenvalue weighted by molar-refractivity contribution is 7.91.